The highest BCUT2D eigenvalue weighted by atomic mass is 32.2. The molecular formula is C25H25FN2O3S. The zero-order valence-corrected chi connectivity index (χ0v) is 18.6. The van der Waals surface area contributed by atoms with Gasteiger partial charge in [-0.3, -0.25) is 4.79 Å². The van der Waals surface area contributed by atoms with Gasteiger partial charge in [0, 0.05) is 13.1 Å². The van der Waals surface area contributed by atoms with Crippen molar-refractivity contribution >= 4 is 15.9 Å². The fourth-order valence-electron chi connectivity index (χ4n) is 4.03. The zero-order valence-electron chi connectivity index (χ0n) is 17.7. The molecule has 0 saturated heterocycles. The number of carbonyl (C=O) groups excluding carboxylic acids is 1. The average Bonchev–Trinajstić information content (AvgIpc) is 2.82. The molecule has 0 aromatic heterocycles. The summed E-state index contributed by atoms with van der Waals surface area (Å²) in [6, 6.07) is 21.5. The Hall–Kier alpha value is -3.03. The fourth-order valence-corrected chi connectivity index (χ4v) is 5.66. The molecule has 2 atom stereocenters. The lowest BCUT2D eigenvalue weighted by molar-refractivity contribution is -0.125. The first kappa shape index (κ1) is 22.2. The van der Waals surface area contributed by atoms with E-state index < -0.39 is 26.8 Å². The number of sulfonamides is 1. The van der Waals surface area contributed by atoms with Crippen molar-refractivity contribution in [1.29, 1.82) is 0 Å². The van der Waals surface area contributed by atoms with Gasteiger partial charge in [0.25, 0.3) is 0 Å². The molecule has 32 heavy (non-hydrogen) atoms. The lowest BCUT2D eigenvalue weighted by atomic mass is 9.95. The second-order valence-electron chi connectivity index (χ2n) is 8.03. The minimum atomic E-state index is -4.22. The lowest BCUT2D eigenvalue weighted by Crippen LogP contribution is -2.53. The maximum atomic E-state index is 14.4. The van der Waals surface area contributed by atoms with E-state index in [1.165, 1.54) is 18.2 Å². The van der Waals surface area contributed by atoms with Crippen LogP contribution >= 0.6 is 0 Å². The maximum absolute atomic E-state index is 14.4. The Morgan fingerprint density at radius 3 is 2.34 bits per heavy atom. The molecule has 0 saturated carbocycles. The normalized spacial score (nSPS) is 17.4. The summed E-state index contributed by atoms with van der Waals surface area (Å²) in [4.78, 5) is 12.8. The van der Waals surface area contributed by atoms with Gasteiger partial charge in [-0.1, -0.05) is 73.7 Å². The summed E-state index contributed by atoms with van der Waals surface area (Å²) in [5.74, 6) is -1.15. The van der Waals surface area contributed by atoms with E-state index in [0.717, 1.165) is 27.1 Å². The van der Waals surface area contributed by atoms with Crippen molar-refractivity contribution in [3.8, 4) is 0 Å². The Labute approximate surface area is 187 Å². The summed E-state index contributed by atoms with van der Waals surface area (Å²) in [6.45, 7) is 2.38. The molecule has 166 valence electrons. The largest absolute Gasteiger partial charge is 0.354 e. The van der Waals surface area contributed by atoms with Crippen LogP contribution in [0.1, 0.15) is 29.5 Å². The first-order chi connectivity index (χ1) is 15.4. The van der Waals surface area contributed by atoms with Crippen LogP contribution in [0.5, 0.6) is 0 Å². The highest BCUT2D eigenvalue weighted by Gasteiger charge is 2.40. The molecule has 3 aromatic carbocycles. The van der Waals surface area contributed by atoms with E-state index in [2.05, 4.69) is 5.32 Å². The summed E-state index contributed by atoms with van der Waals surface area (Å²) in [5.41, 5.74) is 2.82. The Morgan fingerprint density at radius 2 is 1.62 bits per heavy atom. The quantitative estimate of drug-likeness (QED) is 0.618. The standard InChI is InChI=1S/C25H25FN2O3S/c1-18(19-9-3-2-4-10-19)16-27-25(29)23-15-20-11-5-6-12-21(20)17-28(23)32(30,31)24-14-8-7-13-22(24)26/h2-14,18,23H,15-17H2,1H3,(H,27,29). The summed E-state index contributed by atoms with van der Waals surface area (Å²) in [7, 11) is -4.22. The molecule has 0 bridgehead atoms. The van der Waals surface area contributed by atoms with Crippen molar-refractivity contribution in [3.05, 3.63) is 101 Å². The smallest absolute Gasteiger partial charge is 0.247 e. The fraction of sp³-hybridized carbons (Fsp3) is 0.240. The first-order valence-corrected chi connectivity index (χ1v) is 12.0. The Kier molecular flexibility index (Phi) is 6.39. The molecule has 1 heterocycles. The van der Waals surface area contributed by atoms with Crippen LogP contribution in [0.25, 0.3) is 0 Å². The Bertz CT molecular complexity index is 1210. The van der Waals surface area contributed by atoms with Crippen LogP contribution in [-0.2, 0) is 27.8 Å². The molecule has 3 aromatic rings. The number of rotatable bonds is 6. The molecule has 5 nitrogen and oxygen atoms in total. The predicted octanol–water partition coefficient (Wildman–Crippen LogP) is 3.86. The van der Waals surface area contributed by atoms with E-state index in [-0.39, 0.29) is 24.8 Å². The number of carbonyl (C=O) groups is 1. The van der Waals surface area contributed by atoms with Crippen LogP contribution < -0.4 is 5.32 Å². The Balaban J connectivity index is 1.62. The SMILES string of the molecule is CC(CNC(=O)C1Cc2ccccc2CN1S(=O)(=O)c1ccccc1F)c1ccccc1. The minimum absolute atomic E-state index is 0.0131. The molecule has 1 N–H and O–H groups in total. The zero-order chi connectivity index (χ0) is 22.7. The van der Waals surface area contributed by atoms with Gasteiger partial charge in [0.15, 0.2) is 0 Å². The molecule has 1 aliphatic heterocycles. The summed E-state index contributed by atoms with van der Waals surface area (Å²) in [5, 5.41) is 2.91. The molecule has 0 radical (unpaired) electrons. The maximum Gasteiger partial charge on any atom is 0.247 e. The van der Waals surface area contributed by atoms with Gasteiger partial charge < -0.3 is 5.32 Å². The van der Waals surface area contributed by atoms with Gasteiger partial charge in [-0.2, -0.15) is 4.31 Å². The molecular weight excluding hydrogens is 427 g/mol. The van der Waals surface area contributed by atoms with Gasteiger partial charge in [0.1, 0.15) is 16.8 Å². The van der Waals surface area contributed by atoms with Crippen molar-refractivity contribution in [2.24, 2.45) is 0 Å². The van der Waals surface area contributed by atoms with Crippen molar-refractivity contribution in [3.63, 3.8) is 0 Å². The number of nitrogens with zero attached hydrogens (tertiary/aromatic N) is 1. The van der Waals surface area contributed by atoms with Gasteiger partial charge in [-0.15, -0.1) is 0 Å². The van der Waals surface area contributed by atoms with Crippen molar-refractivity contribution in [2.75, 3.05) is 6.54 Å². The number of hydrogen-bond acceptors (Lipinski definition) is 3. The molecule has 4 rings (SSSR count). The van der Waals surface area contributed by atoms with E-state index in [4.69, 9.17) is 0 Å². The van der Waals surface area contributed by atoms with Crippen molar-refractivity contribution in [2.45, 2.75) is 36.7 Å². The molecule has 1 amide bonds. The van der Waals surface area contributed by atoms with Crippen molar-refractivity contribution in [1.82, 2.24) is 9.62 Å². The van der Waals surface area contributed by atoms with Crippen LogP contribution in [0.3, 0.4) is 0 Å². The monoisotopic (exact) mass is 452 g/mol. The number of amides is 1. The van der Waals surface area contributed by atoms with E-state index >= 15 is 0 Å². The molecule has 0 aliphatic carbocycles. The molecule has 2 unspecified atom stereocenters. The molecule has 0 spiro atoms. The number of fused-ring (bicyclic) bond motifs is 1. The third-order valence-corrected chi connectivity index (χ3v) is 7.77. The summed E-state index contributed by atoms with van der Waals surface area (Å²) < 4.78 is 42.3. The lowest BCUT2D eigenvalue weighted by Gasteiger charge is -2.35. The van der Waals surface area contributed by atoms with Gasteiger partial charge >= 0.3 is 0 Å². The van der Waals surface area contributed by atoms with Gasteiger partial charge in [-0.05, 0) is 41.2 Å². The van der Waals surface area contributed by atoms with E-state index in [9.17, 15) is 17.6 Å². The van der Waals surface area contributed by atoms with E-state index in [1.54, 1.807) is 0 Å². The third-order valence-electron chi connectivity index (χ3n) is 5.88. The van der Waals surface area contributed by atoms with Gasteiger partial charge in [-0.25, -0.2) is 12.8 Å². The first-order valence-electron chi connectivity index (χ1n) is 10.5. The Morgan fingerprint density at radius 1 is 1.00 bits per heavy atom. The summed E-state index contributed by atoms with van der Waals surface area (Å²) >= 11 is 0. The highest BCUT2D eigenvalue weighted by molar-refractivity contribution is 7.89. The summed E-state index contributed by atoms with van der Waals surface area (Å²) in [6.07, 6.45) is 0.232. The third kappa shape index (κ3) is 4.45. The predicted molar refractivity (Wildman–Crippen MR) is 121 cm³/mol. The van der Waals surface area contributed by atoms with Crippen LogP contribution in [0, 0.1) is 5.82 Å². The molecule has 1 aliphatic rings. The van der Waals surface area contributed by atoms with Crippen LogP contribution in [0.15, 0.2) is 83.8 Å². The molecule has 7 heteroatoms. The minimum Gasteiger partial charge on any atom is -0.354 e. The number of benzene rings is 3. The van der Waals surface area contributed by atoms with E-state index in [0.29, 0.717) is 6.54 Å². The topological polar surface area (TPSA) is 66.5 Å². The van der Waals surface area contributed by atoms with E-state index in [1.807, 2.05) is 61.5 Å². The van der Waals surface area contributed by atoms with Crippen LogP contribution in [-0.4, -0.2) is 31.2 Å². The number of halogens is 1. The second kappa shape index (κ2) is 9.22. The number of nitrogens with one attached hydrogen (secondary N) is 1. The van der Waals surface area contributed by atoms with Gasteiger partial charge in [0.2, 0.25) is 15.9 Å². The van der Waals surface area contributed by atoms with Gasteiger partial charge in [0.05, 0.1) is 0 Å². The average molecular weight is 453 g/mol. The van der Waals surface area contributed by atoms with Crippen molar-refractivity contribution < 1.29 is 17.6 Å². The second-order valence-corrected chi connectivity index (χ2v) is 9.89. The van der Waals surface area contributed by atoms with Crippen LogP contribution in [0.2, 0.25) is 0 Å². The molecule has 0 fully saturated rings. The number of hydrogen-bond donors (Lipinski definition) is 1. The van der Waals surface area contributed by atoms with Crippen LogP contribution in [0.4, 0.5) is 4.39 Å². The highest BCUT2D eigenvalue weighted by Crippen LogP contribution is 2.30.